The van der Waals surface area contributed by atoms with E-state index in [4.69, 9.17) is 26.4 Å². The Morgan fingerprint density at radius 3 is 2.44 bits per heavy atom. The lowest BCUT2D eigenvalue weighted by Crippen LogP contribution is -2.50. The van der Waals surface area contributed by atoms with Crippen molar-refractivity contribution in [3.63, 3.8) is 0 Å². The Bertz CT molecular complexity index is 1110. The fraction of sp³-hybridized carbons (Fsp3) is 0.240. The summed E-state index contributed by atoms with van der Waals surface area (Å²) < 4.78 is 16.5. The van der Waals surface area contributed by atoms with Crippen molar-refractivity contribution >= 4 is 28.7 Å². The number of anilines is 2. The molecule has 2 aliphatic heterocycles. The lowest BCUT2D eigenvalue weighted by atomic mass is 10.0. The van der Waals surface area contributed by atoms with Crippen LogP contribution in [0.15, 0.2) is 66.7 Å². The number of hydrogen-bond donors (Lipinski definition) is 1. The van der Waals surface area contributed by atoms with Crippen molar-refractivity contribution < 1.29 is 14.2 Å². The van der Waals surface area contributed by atoms with E-state index in [0.717, 1.165) is 65.9 Å². The molecule has 0 spiro atoms. The summed E-state index contributed by atoms with van der Waals surface area (Å²) in [6.07, 6.45) is 0. The van der Waals surface area contributed by atoms with E-state index >= 15 is 0 Å². The summed E-state index contributed by atoms with van der Waals surface area (Å²) in [4.78, 5) is 4.55. The van der Waals surface area contributed by atoms with Crippen LogP contribution in [0.3, 0.4) is 0 Å². The molecule has 0 bridgehead atoms. The van der Waals surface area contributed by atoms with E-state index in [2.05, 4.69) is 51.5 Å². The molecule has 1 N–H and O–H groups in total. The average Bonchev–Trinajstić information content (AvgIpc) is 3.33. The molecule has 0 aromatic heterocycles. The maximum absolute atomic E-state index is 5.75. The first-order chi connectivity index (χ1) is 15.7. The number of piperazine rings is 1. The molecule has 2 aliphatic rings. The van der Waals surface area contributed by atoms with E-state index in [9.17, 15) is 0 Å². The van der Waals surface area contributed by atoms with Gasteiger partial charge in [-0.25, -0.2) is 0 Å². The maximum atomic E-state index is 5.75. The molecule has 3 aromatic carbocycles. The number of rotatable bonds is 4. The highest BCUT2D eigenvalue weighted by molar-refractivity contribution is 7.80. The molecule has 2 heterocycles. The molecule has 6 nitrogen and oxygen atoms in total. The van der Waals surface area contributed by atoms with Crippen molar-refractivity contribution in [1.29, 1.82) is 0 Å². The molecule has 1 saturated heterocycles. The average molecular weight is 448 g/mol. The summed E-state index contributed by atoms with van der Waals surface area (Å²) in [6, 6.07) is 22.5. The Morgan fingerprint density at radius 2 is 1.66 bits per heavy atom. The van der Waals surface area contributed by atoms with Crippen LogP contribution in [0.25, 0.3) is 11.1 Å². The van der Waals surface area contributed by atoms with Crippen molar-refractivity contribution in [2.45, 2.75) is 0 Å². The molecule has 0 unspecified atom stereocenters. The highest BCUT2D eigenvalue weighted by atomic mass is 32.1. The molecule has 3 aromatic rings. The minimum absolute atomic E-state index is 0.293. The third-order valence-electron chi connectivity index (χ3n) is 5.84. The molecule has 1 fully saturated rings. The van der Waals surface area contributed by atoms with Crippen LogP contribution in [0.2, 0.25) is 0 Å². The first kappa shape index (κ1) is 20.5. The Hall–Kier alpha value is -3.45. The standard InChI is InChI=1S/C25H25N3O3S/c1-29-22-9-7-19(18-5-3-2-4-6-18)15-21(22)26-25(32)28-13-11-27(12-14-28)20-8-10-23-24(16-20)31-17-30-23/h2-10,15-16H,11-14,17H2,1H3,(H,26,32). The first-order valence-corrected chi connectivity index (χ1v) is 11.1. The first-order valence-electron chi connectivity index (χ1n) is 10.7. The Morgan fingerprint density at radius 1 is 0.875 bits per heavy atom. The van der Waals surface area contributed by atoms with Gasteiger partial charge in [-0.1, -0.05) is 36.4 Å². The van der Waals surface area contributed by atoms with Gasteiger partial charge >= 0.3 is 0 Å². The number of ether oxygens (including phenoxy) is 3. The van der Waals surface area contributed by atoms with E-state index < -0.39 is 0 Å². The molecule has 0 amide bonds. The zero-order valence-corrected chi connectivity index (χ0v) is 18.7. The predicted molar refractivity (Wildman–Crippen MR) is 131 cm³/mol. The van der Waals surface area contributed by atoms with Crippen molar-refractivity contribution in [3.05, 3.63) is 66.7 Å². The van der Waals surface area contributed by atoms with Crippen molar-refractivity contribution in [2.24, 2.45) is 0 Å². The Kier molecular flexibility index (Phi) is 5.73. The molecule has 0 saturated carbocycles. The highest BCUT2D eigenvalue weighted by Gasteiger charge is 2.22. The number of hydrogen-bond acceptors (Lipinski definition) is 5. The van der Waals surface area contributed by atoms with Crippen molar-refractivity contribution in [1.82, 2.24) is 4.90 Å². The summed E-state index contributed by atoms with van der Waals surface area (Å²) >= 11 is 5.75. The van der Waals surface area contributed by atoms with E-state index in [1.807, 2.05) is 30.3 Å². The van der Waals surface area contributed by atoms with Crippen LogP contribution in [-0.4, -0.2) is 50.1 Å². The van der Waals surface area contributed by atoms with E-state index in [1.54, 1.807) is 7.11 Å². The van der Waals surface area contributed by atoms with Gasteiger partial charge in [0, 0.05) is 37.9 Å². The fourth-order valence-electron chi connectivity index (χ4n) is 4.06. The van der Waals surface area contributed by atoms with Gasteiger partial charge in [-0.15, -0.1) is 0 Å². The van der Waals surface area contributed by atoms with Crippen molar-refractivity contribution in [3.8, 4) is 28.4 Å². The second-order valence-electron chi connectivity index (χ2n) is 7.72. The lowest BCUT2D eigenvalue weighted by Gasteiger charge is -2.37. The van der Waals surface area contributed by atoms with E-state index in [0.29, 0.717) is 11.9 Å². The van der Waals surface area contributed by atoms with Crippen LogP contribution in [0, 0.1) is 0 Å². The number of methoxy groups -OCH3 is 1. The molecular formula is C25H25N3O3S. The topological polar surface area (TPSA) is 46.2 Å². The van der Waals surface area contributed by atoms with Crippen LogP contribution in [-0.2, 0) is 0 Å². The second kappa shape index (κ2) is 8.96. The molecular weight excluding hydrogens is 422 g/mol. The Labute approximate surface area is 193 Å². The zero-order valence-electron chi connectivity index (χ0n) is 17.9. The molecule has 0 aliphatic carbocycles. The highest BCUT2D eigenvalue weighted by Crippen LogP contribution is 2.36. The largest absolute Gasteiger partial charge is 0.495 e. The summed E-state index contributed by atoms with van der Waals surface area (Å²) in [6.45, 7) is 3.72. The maximum Gasteiger partial charge on any atom is 0.231 e. The van der Waals surface area contributed by atoms with Crippen LogP contribution in [0.5, 0.6) is 17.2 Å². The normalized spacial score (nSPS) is 14.9. The quantitative estimate of drug-likeness (QED) is 0.586. The number of nitrogens with one attached hydrogen (secondary N) is 1. The second-order valence-corrected chi connectivity index (χ2v) is 8.11. The molecule has 5 rings (SSSR count). The predicted octanol–water partition coefficient (Wildman–Crippen LogP) is 4.61. The Balaban J connectivity index is 1.25. The summed E-state index contributed by atoms with van der Waals surface area (Å²) in [5.74, 6) is 2.39. The summed E-state index contributed by atoms with van der Waals surface area (Å²) in [5.41, 5.74) is 4.29. The van der Waals surface area contributed by atoms with Crippen LogP contribution >= 0.6 is 12.2 Å². The summed E-state index contributed by atoms with van der Waals surface area (Å²) in [7, 11) is 1.68. The van der Waals surface area contributed by atoms with Gasteiger partial charge < -0.3 is 29.3 Å². The third kappa shape index (κ3) is 4.16. The lowest BCUT2D eigenvalue weighted by molar-refractivity contribution is 0.174. The number of thiocarbonyl (C=S) groups is 1. The number of fused-ring (bicyclic) bond motifs is 1. The SMILES string of the molecule is COc1ccc(-c2ccccc2)cc1NC(=S)N1CCN(c2ccc3c(c2)OCO3)CC1. The minimum atomic E-state index is 0.293. The summed E-state index contributed by atoms with van der Waals surface area (Å²) in [5, 5.41) is 4.11. The number of benzene rings is 3. The molecule has 164 valence electrons. The van der Waals surface area contributed by atoms with Gasteiger partial charge in [-0.05, 0) is 47.6 Å². The molecule has 32 heavy (non-hydrogen) atoms. The minimum Gasteiger partial charge on any atom is -0.495 e. The van der Waals surface area contributed by atoms with Gasteiger partial charge in [0.2, 0.25) is 6.79 Å². The van der Waals surface area contributed by atoms with Gasteiger partial charge in [-0.2, -0.15) is 0 Å². The van der Waals surface area contributed by atoms with Gasteiger partial charge in [0.25, 0.3) is 0 Å². The fourth-order valence-corrected chi connectivity index (χ4v) is 4.35. The third-order valence-corrected chi connectivity index (χ3v) is 6.20. The van der Waals surface area contributed by atoms with Gasteiger partial charge in [0.05, 0.1) is 12.8 Å². The van der Waals surface area contributed by atoms with E-state index in [-0.39, 0.29) is 0 Å². The van der Waals surface area contributed by atoms with Crippen LogP contribution in [0.1, 0.15) is 0 Å². The van der Waals surface area contributed by atoms with Crippen molar-refractivity contribution in [2.75, 3.05) is 50.3 Å². The smallest absolute Gasteiger partial charge is 0.231 e. The number of nitrogens with zero attached hydrogens (tertiary/aromatic N) is 2. The molecule has 7 heteroatoms. The van der Waals surface area contributed by atoms with Gasteiger partial charge in [-0.3, -0.25) is 0 Å². The van der Waals surface area contributed by atoms with Gasteiger partial charge in [0.1, 0.15) is 5.75 Å². The molecule has 0 atom stereocenters. The van der Waals surface area contributed by atoms with E-state index in [1.165, 1.54) is 0 Å². The monoisotopic (exact) mass is 447 g/mol. The molecule has 0 radical (unpaired) electrons. The van der Waals surface area contributed by atoms with Crippen LogP contribution in [0.4, 0.5) is 11.4 Å². The zero-order chi connectivity index (χ0) is 21.9. The van der Waals surface area contributed by atoms with Gasteiger partial charge in [0.15, 0.2) is 16.6 Å². The van der Waals surface area contributed by atoms with Crippen LogP contribution < -0.4 is 24.4 Å².